The summed E-state index contributed by atoms with van der Waals surface area (Å²) in [6.45, 7) is 2.29. The highest BCUT2D eigenvalue weighted by Gasteiger charge is 2.37. The van der Waals surface area contributed by atoms with E-state index in [1.165, 1.54) is 7.11 Å². The van der Waals surface area contributed by atoms with E-state index in [1.807, 2.05) is 12.1 Å². The maximum atomic E-state index is 12.5. The van der Waals surface area contributed by atoms with Gasteiger partial charge in [-0.15, -0.1) is 0 Å². The van der Waals surface area contributed by atoms with E-state index in [4.69, 9.17) is 14.2 Å². The van der Waals surface area contributed by atoms with Gasteiger partial charge in [0.05, 0.1) is 27.2 Å². The molecular weight excluding hydrogens is 326 g/mol. The van der Waals surface area contributed by atoms with Gasteiger partial charge in [-0.3, -0.25) is 9.59 Å². The molecule has 1 N–H and O–H groups in total. The first-order valence-corrected chi connectivity index (χ1v) is 8.24. The lowest BCUT2D eigenvalue weighted by Gasteiger charge is -2.23. The molecule has 1 aliphatic rings. The Kier molecular flexibility index (Phi) is 6.12. The number of hydrogen-bond donors (Lipinski definition) is 1. The molecule has 0 bridgehead atoms. The normalized spacial score (nSPS) is 19.6. The average Bonchev–Trinajstić information content (AvgIpc) is 3.00. The number of rotatable bonds is 7. The third-order valence-corrected chi connectivity index (χ3v) is 4.74. The quantitative estimate of drug-likeness (QED) is 0.808. The summed E-state index contributed by atoms with van der Waals surface area (Å²) < 4.78 is 15.9. The van der Waals surface area contributed by atoms with Gasteiger partial charge in [0.2, 0.25) is 11.7 Å². The molecule has 1 heterocycles. The zero-order valence-electron chi connectivity index (χ0n) is 15.1. The smallest absolute Gasteiger partial charge is 0.308 e. The van der Waals surface area contributed by atoms with Crippen molar-refractivity contribution >= 4 is 11.9 Å². The Hall–Kier alpha value is -2.44. The number of hydrogen-bond acceptors (Lipinski definition) is 5. The summed E-state index contributed by atoms with van der Waals surface area (Å²) in [5.41, 5.74) is 0.893. The van der Waals surface area contributed by atoms with Gasteiger partial charge in [0.15, 0.2) is 11.5 Å². The van der Waals surface area contributed by atoms with Crippen LogP contribution in [0, 0.1) is 5.92 Å². The van der Waals surface area contributed by atoms with Gasteiger partial charge in [-0.1, -0.05) is 0 Å². The van der Waals surface area contributed by atoms with Crippen molar-refractivity contribution in [2.24, 2.45) is 5.92 Å². The second kappa shape index (κ2) is 8.09. The van der Waals surface area contributed by atoms with E-state index in [9.17, 15) is 14.7 Å². The molecule has 138 valence electrons. The molecule has 2 rings (SSSR count). The zero-order valence-corrected chi connectivity index (χ0v) is 15.1. The number of carboxylic acids is 1. The number of carboxylic acid groups (broad SMARTS) is 1. The number of ether oxygens (including phenoxy) is 3. The minimum atomic E-state index is -0.840. The van der Waals surface area contributed by atoms with E-state index in [0.717, 1.165) is 5.56 Å². The molecule has 1 aliphatic heterocycles. The molecule has 0 aliphatic carbocycles. The number of nitrogens with zero attached hydrogens (tertiary/aromatic N) is 1. The number of aryl methyl sites for hydroxylation is 1. The summed E-state index contributed by atoms with van der Waals surface area (Å²) in [6, 6.07) is 3.37. The molecule has 2 atom stereocenters. The summed E-state index contributed by atoms with van der Waals surface area (Å²) in [6.07, 6.45) is 1.32. The van der Waals surface area contributed by atoms with Crippen LogP contribution in [0.25, 0.3) is 0 Å². The van der Waals surface area contributed by atoms with E-state index in [2.05, 4.69) is 0 Å². The fraction of sp³-hybridized carbons (Fsp3) is 0.556. The van der Waals surface area contributed by atoms with Crippen LogP contribution in [0.3, 0.4) is 0 Å². The Balaban J connectivity index is 2.06. The van der Waals surface area contributed by atoms with Gasteiger partial charge >= 0.3 is 5.97 Å². The Morgan fingerprint density at radius 2 is 1.76 bits per heavy atom. The summed E-state index contributed by atoms with van der Waals surface area (Å²) in [4.78, 5) is 25.3. The Morgan fingerprint density at radius 1 is 1.16 bits per heavy atom. The second-order valence-corrected chi connectivity index (χ2v) is 6.09. The highest BCUT2D eigenvalue weighted by Crippen LogP contribution is 2.38. The highest BCUT2D eigenvalue weighted by molar-refractivity contribution is 5.79. The fourth-order valence-corrected chi connectivity index (χ4v) is 3.30. The highest BCUT2D eigenvalue weighted by atomic mass is 16.5. The van der Waals surface area contributed by atoms with Crippen LogP contribution in [-0.2, 0) is 16.0 Å². The molecule has 1 aromatic carbocycles. The maximum absolute atomic E-state index is 12.5. The van der Waals surface area contributed by atoms with Crippen LogP contribution in [0.4, 0.5) is 0 Å². The number of methoxy groups -OCH3 is 3. The minimum Gasteiger partial charge on any atom is -0.493 e. The molecule has 0 saturated carbocycles. The molecule has 2 unspecified atom stereocenters. The third-order valence-electron chi connectivity index (χ3n) is 4.74. The number of likely N-dealkylation sites (tertiary alicyclic amines) is 1. The van der Waals surface area contributed by atoms with Crippen LogP contribution >= 0.6 is 0 Å². The van der Waals surface area contributed by atoms with Crippen LogP contribution < -0.4 is 14.2 Å². The zero-order chi connectivity index (χ0) is 18.6. The van der Waals surface area contributed by atoms with Crippen molar-refractivity contribution in [3.05, 3.63) is 17.7 Å². The molecule has 1 saturated heterocycles. The maximum Gasteiger partial charge on any atom is 0.308 e. The first-order valence-electron chi connectivity index (χ1n) is 8.24. The van der Waals surface area contributed by atoms with Crippen LogP contribution in [0.1, 0.15) is 25.3 Å². The Morgan fingerprint density at radius 3 is 2.20 bits per heavy atom. The van der Waals surface area contributed by atoms with Crippen molar-refractivity contribution in [1.29, 1.82) is 0 Å². The summed E-state index contributed by atoms with van der Waals surface area (Å²) in [5, 5.41) is 9.18. The predicted molar refractivity (Wildman–Crippen MR) is 91.3 cm³/mol. The Labute approximate surface area is 147 Å². The van der Waals surface area contributed by atoms with Gasteiger partial charge in [-0.2, -0.15) is 0 Å². The number of aliphatic carboxylic acids is 1. The number of benzene rings is 1. The van der Waals surface area contributed by atoms with E-state index < -0.39 is 11.9 Å². The standard InChI is InChI=1S/C18H25NO6/c1-11-13(18(21)22)7-8-19(11)16(20)6-5-12-9-14(23-2)17(25-4)15(10-12)24-3/h9-11,13H,5-8H2,1-4H3,(H,21,22). The van der Waals surface area contributed by atoms with Gasteiger partial charge in [0.1, 0.15) is 0 Å². The van der Waals surface area contributed by atoms with E-state index in [1.54, 1.807) is 26.0 Å². The summed E-state index contributed by atoms with van der Waals surface area (Å²) in [7, 11) is 4.63. The van der Waals surface area contributed by atoms with Crippen LogP contribution in [0.15, 0.2) is 12.1 Å². The van der Waals surface area contributed by atoms with Crippen LogP contribution in [0.2, 0.25) is 0 Å². The summed E-state index contributed by atoms with van der Waals surface area (Å²) >= 11 is 0. The molecule has 7 heteroatoms. The van der Waals surface area contributed by atoms with Gasteiger partial charge < -0.3 is 24.2 Å². The molecule has 1 amide bonds. The summed E-state index contributed by atoms with van der Waals surface area (Å²) in [5.74, 6) is 0.245. The molecule has 7 nitrogen and oxygen atoms in total. The van der Waals surface area contributed by atoms with Crippen molar-refractivity contribution in [3.8, 4) is 17.2 Å². The van der Waals surface area contributed by atoms with Crippen LogP contribution in [-0.4, -0.2) is 55.8 Å². The van der Waals surface area contributed by atoms with Gasteiger partial charge in [0, 0.05) is 19.0 Å². The molecule has 0 spiro atoms. The lowest BCUT2D eigenvalue weighted by Crippen LogP contribution is -2.37. The minimum absolute atomic E-state index is 0.0370. The third kappa shape index (κ3) is 3.97. The van der Waals surface area contributed by atoms with Gasteiger partial charge in [0.25, 0.3) is 0 Å². The van der Waals surface area contributed by atoms with E-state index in [0.29, 0.717) is 43.1 Å². The lowest BCUT2D eigenvalue weighted by molar-refractivity contribution is -0.143. The van der Waals surface area contributed by atoms with E-state index in [-0.39, 0.29) is 11.9 Å². The second-order valence-electron chi connectivity index (χ2n) is 6.09. The number of carbonyl (C=O) groups excluding carboxylic acids is 1. The topological polar surface area (TPSA) is 85.3 Å². The van der Waals surface area contributed by atoms with Crippen LogP contribution in [0.5, 0.6) is 17.2 Å². The fourth-order valence-electron chi connectivity index (χ4n) is 3.30. The van der Waals surface area contributed by atoms with Gasteiger partial charge in [-0.05, 0) is 37.5 Å². The molecule has 1 fully saturated rings. The largest absolute Gasteiger partial charge is 0.493 e. The molecule has 25 heavy (non-hydrogen) atoms. The van der Waals surface area contributed by atoms with Crippen molar-refractivity contribution < 1.29 is 28.9 Å². The lowest BCUT2D eigenvalue weighted by atomic mass is 10.0. The number of amides is 1. The van der Waals surface area contributed by atoms with Crippen molar-refractivity contribution in [1.82, 2.24) is 4.90 Å². The first kappa shape index (κ1) is 18.9. The number of carbonyl (C=O) groups is 2. The molecule has 0 aromatic heterocycles. The first-order chi connectivity index (χ1) is 11.9. The van der Waals surface area contributed by atoms with Crippen molar-refractivity contribution in [3.63, 3.8) is 0 Å². The average molecular weight is 351 g/mol. The Bertz CT molecular complexity index is 619. The molecule has 1 aromatic rings. The molecular formula is C18H25NO6. The van der Waals surface area contributed by atoms with Crippen molar-refractivity contribution in [2.75, 3.05) is 27.9 Å². The molecule has 0 radical (unpaired) electrons. The van der Waals surface area contributed by atoms with Gasteiger partial charge in [-0.25, -0.2) is 0 Å². The predicted octanol–water partition coefficient (Wildman–Crippen LogP) is 1.97. The monoisotopic (exact) mass is 351 g/mol. The van der Waals surface area contributed by atoms with E-state index >= 15 is 0 Å². The SMILES string of the molecule is COc1cc(CCC(=O)N2CCC(C(=O)O)C2C)cc(OC)c1OC. The van der Waals surface area contributed by atoms with Crippen molar-refractivity contribution in [2.45, 2.75) is 32.2 Å².